The maximum atomic E-state index is 14.2. The molecule has 0 radical (unpaired) electrons. The Morgan fingerprint density at radius 2 is 0.767 bits per heavy atom. The molecule has 0 aliphatic rings. The average molecular weight is 611 g/mol. The second kappa shape index (κ2) is 12.5. The lowest BCUT2D eigenvalue weighted by atomic mass is 10.1. The van der Waals surface area contributed by atoms with Gasteiger partial charge in [-0.15, -0.1) is 0 Å². The monoisotopic (exact) mass is 610 g/mol. The Hall–Kier alpha value is -4.26. The molecular formula is C37H26F4S2+2. The van der Waals surface area contributed by atoms with E-state index in [1.807, 2.05) is 78.9 Å². The summed E-state index contributed by atoms with van der Waals surface area (Å²) in [6.45, 7) is 0. The summed E-state index contributed by atoms with van der Waals surface area (Å²) in [4.78, 5) is 5.58. The third kappa shape index (κ3) is 6.56. The predicted octanol–water partition coefficient (Wildman–Crippen LogP) is 10.7. The molecular weight excluding hydrogens is 585 g/mol. The van der Waals surface area contributed by atoms with Crippen molar-refractivity contribution in [3.63, 3.8) is 0 Å². The minimum absolute atomic E-state index is 0.262. The van der Waals surface area contributed by atoms with Crippen LogP contribution in [0.1, 0.15) is 5.56 Å². The summed E-state index contributed by atoms with van der Waals surface area (Å²) >= 11 is 0. The minimum atomic E-state index is -4.41. The van der Waals surface area contributed by atoms with Gasteiger partial charge in [-0.1, -0.05) is 48.5 Å². The normalized spacial score (nSPS) is 12.9. The minimum Gasteiger partial charge on any atom is -0.207 e. The number of hydrogen-bond acceptors (Lipinski definition) is 0. The van der Waals surface area contributed by atoms with Gasteiger partial charge in [-0.25, -0.2) is 4.39 Å². The molecule has 0 fully saturated rings. The highest BCUT2D eigenvalue weighted by molar-refractivity contribution is 7.97. The van der Waals surface area contributed by atoms with Crippen molar-refractivity contribution >= 4 is 21.8 Å². The Morgan fingerprint density at radius 1 is 0.372 bits per heavy atom. The molecule has 0 saturated heterocycles. The summed E-state index contributed by atoms with van der Waals surface area (Å²) in [6.07, 6.45) is -4.41. The Bertz CT molecular complexity index is 1800. The van der Waals surface area contributed by atoms with Crippen LogP contribution >= 0.6 is 0 Å². The predicted molar refractivity (Wildman–Crippen MR) is 167 cm³/mol. The molecule has 0 spiro atoms. The van der Waals surface area contributed by atoms with E-state index in [1.54, 1.807) is 18.2 Å². The van der Waals surface area contributed by atoms with Gasteiger partial charge in [0.2, 0.25) is 0 Å². The molecule has 0 aliphatic carbocycles. The fourth-order valence-electron chi connectivity index (χ4n) is 4.89. The zero-order valence-electron chi connectivity index (χ0n) is 22.8. The molecule has 6 aromatic rings. The Kier molecular flexibility index (Phi) is 8.41. The first-order valence-corrected chi connectivity index (χ1v) is 16.0. The molecule has 0 saturated carbocycles. The number of benzene rings is 6. The summed E-state index contributed by atoms with van der Waals surface area (Å²) in [6, 6.07) is 48.4. The SMILES string of the molecule is Fc1cccc([S+](c2ccccc2)c2ccc(-c3ccc([S+](c4ccccc4)c4cccc(C(F)(F)F)c4)cc3)cc2)c1. The van der Waals surface area contributed by atoms with Crippen LogP contribution in [0.2, 0.25) is 0 Å². The van der Waals surface area contributed by atoms with Crippen LogP contribution in [-0.2, 0) is 28.0 Å². The molecule has 6 aromatic carbocycles. The van der Waals surface area contributed by atoms with Crippen molar-refractivity contribution in [1.82, 2.24) is 0 Å². The lowest BCUT2D eigenvalue weighted by Gasteiger charge is -2.12. The fourth-order valence-corrected chi connectivity index (χ4v) is 9.10. The van der Waals surface area contributed by atoms with E-state index in [9.17, 15) is 17.6 Å². The molecule has 212 valence electrons. The van der Waals surface area contributed by atoms with Gasteiger partial charge in [0, 0.05) is 12.1 Å². The zero-order valence-corrected chi connectivity index (χ0v) is 24.5. The highest BCUT2D eigenvalue weighted by Crippen LogP contribution is 2.37. The number of alkyl halides is 3. The summed E-state index contributed by atoms with van der Waals surface area (Å²) < 4.78 is 54.8. The van der Waals surface area contributed by atoms with E-state index in [0.717, 1.165) is 41.7 Å². The van der Waals surface area contributed by atoms with Crippen LogP contribution in [0.3, 0.4) is 0 Å². The third-order valence-electron chi connectivity index (χ3n) is 6.90. The number of rotatable bonds is 7. The van der Waals surface area contributed by atoms with Gasteiger partial charge < -0.3 is 0 Å². The first kappa shape index (κ1) is 28.8. The average Bonchev–Trinajstić information content (AvgIpc) is 3.03. The van der Waals surface area contributed by atoms with Crippen LogP contribution < -0.4 is 0 Å². The topological polar surface area (TPSA) is 0 Å². The lowest BCUT2D eigenvalue weighted by molar-refractivity contribution is -0.137. The van der Waals surface area contributed by atoms with Crippen LogP contribution in [-0.4, -0.2) is 0 Å². The smallest absolute Gasteiger partial charge is 0.207 e. The first-order valence-electron chi connectivity index (χ1n) is 13.6. The second-order valence-corrected chi connectivity index (χ2v) is 13.8. The van der Waals surface area contributed by atoms with Crippen molar-refractivity contribution in [2.45, 2.75) is 35.5 Å². The molecule has 0 nitrogen and oxygen atoms in total. The molecule has 0 aliphatic heterocycles. The lowest BCUT2D eigenvalue weighted by Crippen LogP contribution is -2.09. The molecule has 43 heavy (non-hydrogen) atoms. The molecule has 6 heteroatoms. The van der Waals surface area contributed by atoms with Gasteiger partial charge in [0.15, 0.2) is 29.4 Å². The molecule has 0 N–H and O–H groups in total. The summed E-state index contributed by atoms with van der Waals surface area (Å²) in [5.41, 5.74) is 1.37. The first-order chi connectivity index (χ1) is 20.9. The molecule has 0 amide bonds. The highest BCUT2D eigenvalue weighted by Gasteiger charge is 2.35. The molecule has 6 rings (SSSR count). The van der Waals surface area contributed by atoms with E-state index in [0.29, 0.717) is 4.90 Å². The maximum absolute atomic E-state index is 14.2. The van der Waals surface area contributed by atoms with Crippen LogP contribution in [0, 0.1) is 5.82 Å². The summed E-state index contributed by atoms with van der Waals surface area (Å²) in [5.74, 6) is -0.262. The van der Waals surface area contributed by atoms with Crippen molar-refractivity contribution in [2.75, 3.05) is 0 Å². The maximum Gasteiger partial charge on any atom is 0.416 e. The second-order valence-electron chi connectivity index (χ2n) is 9.77. The van der Waals surface area contributed by atoms with E-state index in [2.05, 4.69) is 36.4 Å². The molecule has 0 bridgehead atoms. The summed E-state index contributed by atoms with van der Waals surface area (Å²) in [5, 5.41) is 0. The molecule has 0 heterocycles. The van der Waals surface area contributed by atoms with E-state index in [1.165, 1.54) is 18.2 Å². The van der Waals surface area contributed by atoms with E-state index < -0.39 is 33.5 Å². The van der Waals surface area contributed by atoms with Gasteiger partial charge in [0.05, 0.1) is 27.4 Å². The quantitative estimate of drug-likeness (QED) is 0.125. The van der Waals surface area contributed by atoms with Crippen LogP contribution in [0.15, 0.2) is 187 Å². The molecule has 2 atom stereocenters. The molecule has 2 unspecified atom stereocenters. The highest BCUT2D eigenvalue weighted by atomic mass is 32.2. The summed E-state index contributed by atoms with van der Waals surface area (Å²) in [7, 11) is -1.18. The van der Waals surface area contributed by atoms with Gasteiger partial charge >= 0.3 is 6.18 Å². The van der Waals surface area contributed by atoms with E-state index in [4.69, 9.17) is 0 Å². The standard InChI is InChI=1S/C37H26F4S2/c38-30-10-8-16-36(26-30)43(32-13-5-2-6-14-32)34-23-19-28(20-24-34)27-17-21-33(22-18-27)42(31-11-3-1-4-12-31)35-15-7-9-29(25-35)37(39,40)41/h1-26H/q+2. The Labute approximate surface area is 254 Å². The van der Waals surface area contributed by atoms with E-state index in [-0.39, 0.29) is 5.82 Å². The van der Waals surface area contributed by atoms with Crippen molar-refractivity contribution in [2.24, 2.45) is 0 Å². The number of halogens is 4. The van der Waals surface area contributed by atoms with Crippen molar-refractivity contribution < 1.29 is 17.6 Å². The largest absolute Gasteiger partial charge is 0.416 e. The van der Waals surface area contributed by atoms with Crippen LogP contribution in [0.5, 0.6) is 0 Å². The van der Waals surface area contributed by atoms with Crippen molar-refractivity contribution in [3.8, 4) is 11.1 Å². The third-order valence-corrected chi connectivity index (χ3v) is 11.3. The van der Waals surface area contributed by atoms with Gasteiger partial charge in [-0.05, 0) is 108 Å². The van der Waals surface area contributed by atoms with Crippen LogP contribution in [0.25, 0.3) is 11.1 Å². The van der Waals surface area contributed by atoms with Crippen LogP contribution in [0.4, 0.5) is 17.6 Å². The molecule has 0 aromatic heterocycles. The van der Waals surface area contributed by atoms with Gasteiger partial charge in [0.1, 0.15) is 5.82 Å². The fraction of sp³-hybridized carbons (Fsp3) is 0.0270. The van der Waals surface area contributed by atoms with Crippen molar-refractivity contribution in [1.29, 1.82) is 0 Å². The van der Waals surface area contributed by atoms with E-state index >= 15 is 0 Å². The van der Waals surface area contributed by atoms with Gasteiger partial charge in [-0.3, -0.25) is 0 Å². The van der Waals surface area contributed by atoms with Crippen molar-refractivity contribution in [3.05, 3.63) is 169 Å². The number of hydrogen-bond donors (Lipinski definition) is 0. The van der Waals surface area contributed by atoms with Gasteiger partial charge in [-0.2, -0.15) is 13.2 Å². The zero-order chi connectivity index (χ0) is 29.8. The Balaban J connectivity index is 1.33. The Morgan fingerprint density at radius 3 is 1.21 bits per heavy atom. The van der Waals surface area contributed by atoms with Gasteiger partial charge in [0.25, 0.3) is 0 Å².